The average molecular weight is 478 g/mol. The van der Waals surface area contributed by atoms with Gasteiger partial charge in [0.1, 0.15) is 12.1 Å². The zero-order chi connectivity index (χ0) is 23.5. The van der Waals surface area contributed by atoms with Gasteiger partial charge in [0.05, 0.1) is 13.2 Å². The zero-order valence-electron chi connectivity index (χ0n) is 20.6. The van der Waals surface area contributed by atoms with Crippen molar-refractivity contribution < 1.29 is 19.1 Å². The molecule has 8 aliphatic rings. The third-order valence-corrected chi connectivity index (χ3v) is 11.0. The predicted octanol–water partition coefficient (Wildman–Crippen LogP) is 2.39. The standard InChI is InChI=1S/C28H35N3O4/c1-34-20-6-4-17-14-21-27-9-8-19(31(13-10-27)26(33)18-5-7-22(32)29-18)25-28(27,23(17)24(20)35-25)11-12-30(21)15-16-2-3-16/h4,6,16,18-19,21,25H,2-3,5,7-15H2,1H3,(H,29,32)/t18-,19-,21-,25+,27-,28+/m1/s1. The number of nitrogens with one attached hydrogen (secondary N) is 1. The summed E-state index contributed by atoms with van der Waals surface area (Å²) in [5, 5.41) is 2.94. The van der Waals surface area contributed by atoms with E-state index in [9.17, 15) is 9.59 Å². The Bertz CT molecular complexity index is 1130. The quantitative estimate of drug-likeness (QED) is 0.721. The molecule has 0 unspecified atom stereocenters. The van der Waals surface area contributed by atoms with Crippen LogP contribution in [-0.2, 0) is 21.4 Å². The molecule has 5 heterocycles. The smallest absolute Gasteiger partial charge is 0.245 e. The number of nitrogens with zero attached hydrogens (tertiary/aromatic N) is 2. The van der Waals surface area contributed by atoms with E-state index in [1.807, 2.05) is 0 Å². The number of methoxy groups -OCH3 is 1. The molecule has 1 aromatic carbocycles. The lowest BCUT2D eigenvalue weighted by molar-refractivity contribution is -0.146. The number of ether oxygens (including phenoxy) is 2. The number of fused-ring (bicyclic) bond motifs is 3. The highest BCUT2D eigenvalue weighted by atomic mass is 16.5. The summed E-state index contributed by atoms with van der Waals surface area (Å²) in [6.07, 6.45) is 9.13. The highest BCUT2D eigenvalue weighted by molar-refractivity contribution is 5.91. The molecule has 186 valence electrons. The lowest BCUT2D eigenvalue weighted by atomic mass is 9.42. The Labute approximate surface area is 206 Å². The Morgan fingerprint density at radius 1 is 1.17 bits per heavy atom. The zero-order valence-corrected chi connectivity index (χ0v) is 20.6. The van der Waals surface area contributed by atoms with Crippen LogP contribution in [0, 0.1) is 11.3 Å². The van der Waals surface area contributed by atoms with E-state index in [0.29, 0.717) is 18.9 Å². The van der Waals surface area contributed by atoms with Crippen LogP contribution >= 0.6 is 0 Å². The molecule has 4 saturated heterocycles. The summed E-state index contributed by atoms with van der Waals surface area (Å²) in [6, 6.07) is 4.57. The largest absolute Gasteiger partial charge is 0.493 e. The minimum absolute atomic E-state index is 0.00111. The van der Waals surface area contributed by atoms with Gasteiger partial charge in [-0.3, -0.25) is 14.5 Å². The number of hydrogen-bond acceptors (Lipinski definition) is 5. The van der Waals surface area contributed by atoms with Crippen LogP contribution in [-0.4, -0.2) is 72.6 Å². The molecule has 0 radical (unpaired) electrons. The number of likely N-dealkylation sites (tertiary alicyclic amines) is 1. The van der Waals surface area contributed by atoms with Crippen molar-refractivity contribution in [3.8, 4) is 11.5 Å². The molecule has 0 aromatic heterocycles. The van der Waals surface area contributed by atoms with Crippen LogP contribution in [0.25, 0.3) is 0 Å². The molecule has 2 saturated carbocycles. The van der Waals surface area contributed by atoms with Crippen molar-refractivity contribution in [2.24, 2.45) is 11.3 Å². The van der Waals surface area contributed by atoms with Gasteiger partial charge in [0.25, 0.3) is 0 Å². The maximum atomic E-state index is 13.8. The molecule has 3 aliphatic carbocycles. The van der Waals surface area contributed by atoms with Crippen LogP contribution < -0.4 is 14.8 Å². The summed E-state index contributed by atoms with van der Waals surface area (Å²) in [7, 11) is 1.74. The SMILES string of the molecule is COc1ccc2c3c1O[C@H]1[C@H]4CC[C@@]5(CCN4C(=O)[C@H]4CCC(=O)N4)[C@@H](C2)N(CC2CC2)CC[C@]315. The number of benzene rings is 1. The highest BCUT2D eigenvalue weighted by Gasteiger charge is 2.74. The lowest BCUT2D eigenvalue weighted by Crippen LogP contribution is -2.73. The maximum absolute atomic E-state index is 13.8. The van der Waals surface area contributed by atoms with E-state index in [1.54, 1.807) is 7.11 Å². The minimum atomic E-state index is -0.378. The fourth-order valence-electron chi connectivity index (χ4n) is 9.41. The second-order valence-corrected chi connectivity index (χ2v) is 12.3. The first-order valence-electron chi connectivity index (χ1n) is 13.8. The Morgan fingerprint density at radius 3 is 2.83 bits per heavy atom. The summed E-state index contributed by atoms with van der Waals surface area (Å²) < 4.78 is 12.8. The van der Waals surface area contributed by atoms with E-state index in [2.05, 4.69) is 27.2 Å². The van der Waals surface area contributed by atoms with E-state index in [4.69, 9.17) is 9.47 Å². The Kier molecular flexibility index (Phi) is 4.13. The first-order chi connectivity index (χ1) is 17.1. The van der Waals surface area contributed by atoms with Crippen molar-refractivity contribution in [3.05, 3.63) is 23.3 Å². The van der Waals surface area contributed by atoms with Gasteiger partial charge in [-0.2, -0.15) is 0 Å². The first kappa shape index (κ1) is 20.9. The molecule has 1 aromatic rings. The van der Waals surface area contributed by atoms with Crippen molar-refractivity contribution >= 4 is 11.8 Å². The fraction of sp³-hybridized carbons (Fsp3) is 0.714. The average Bonchev–Trinajstić information content (AvgIpc) is 3.54. The molecule has 7 nitrogen and oxygen atoms in total. The normalized spacial score (nSPS) is 40.7. The van der Waals surface area contributed by atoms with Gasteiger partial charge < -0.3 is 19.7 Å². The number of hydrogen-bond donors (Lipinski definition) is 1. The summed E-state index contributed by atoms with van der Waals surface area (Å²) in [4.78, 5) is 30.7. The fourth-order valence-corrected chi connectivity index (χ4v) is 9.41. The maximum Gasteiger partial charge on any atom is 0.245 e. The van der Waals surface area contributed by atoms with Crippen LogP contribution in [0.4, 0.5) is 0 Å². The topological polar surface area (TPSA) is 71.1 Å². The van der Waals surface area contributed by atoms with E-state index in [1.165, 1.54) is 30.5 Å². The molecule has 2 amide bonds. The van der Waals surface area contributed by atoms with Crippen LogP contribution in [0.3, 0.4) is 0 Å². The first-order valence-corrected chi connectivity index (χ1v) is 13.8. The Hall–Kier alpha value is -2.28. The lowest BCUT2D eigenvalue weighted by Gasteiger charge is -2.66. The Balaban J connectivity index is 1.27. The molecule has 9 rings (SSSR count). The predicted molar refractivity (Wildman–Crippen MR) is 128 cm³/mol. The van der Waals surface area contributed by atoms with Gasteiger partial charge in [-0.25, -0.2) is 0 Å². The molecule has 6 atom stereocenters. The van der Waals surface area contributed by atoms with Crippen LogP contribution in [0.15, 0.2) is 12.1 Å². The molecule has 4 bridgehead atoms. The molecule has 35 heavy (non-hydrogen) atoms. The van der Waals surface area contributed by atoms with Gasteiger partial charge >= 0.3 is 0 Å². The molecule has 2 spiro atoms. The van der Waals surface area contributed by atoms with Gasteiger partial charge in [-0.05, 0) is 75.5 Å². The molecule has 1 N–H and O–H groups in total. The molecule has 5 aliphatic heterocycles. The van der Waals surface area contributed by atoms with Crippen molar-refractivity contribution in [2.75, 3.05) is 26.7 Å². The number of carbonyl (C=O) groups excluding carboxylic acids is 2. The number of carbonyl (C=O) groups is 2. The summed E-state index contributed by atoms with van der Waals surface area (Å²) in [5.74, 6) is 2.75. The van der Waals surface area contributed by atoms with E-state index in [-0.39, 0.29) is 40.8 Å². The molecule has 7 heteroatoms. The van der Waals surface area contributed by atoms with Gasteiger partial charge in [-0.1, -0.05) is 6.07 Å². The number of piperidine rings is 1. The second-order valence-electron chi connectivity index (χ2n) is 12.3. The summed E-state index contributed by atoms with van der Waals surface area (Å²) in [5.41, 5.74) is 2.93. The van der Waals surface area contributed by atoms with Gasteiger partial charge in [-0.15, -0.1) is 0 Å². The van der Waals surface area contributed by atoms with Crippen molar-refractivity contribution in [2.45, 2.75) is 87.4 Å². The minimum Gasteiger partial charge on any atom is -0.493 e. The number of rotatable bonds is 4. The molecular formula is C28H35N3O4. The third kappa shape index (κ3) is 2.51. The van der Waals surface area contributed by atoms with Crippen molar-refractivity contribution in [1.82, 2.24) is 15.1 Å². The van der Waals surface area contributed by atoms with Crippen LogP contribution in [0.1, 0.15) is 62.5 Å². The summed E-state index contributed by atoms with van der Waals surface area (Å²) in [6.45, 7) is 3.13. The van der Waals surface area contributed by atoms with Gasteiger partial charge in [0.15, 0.2) is 11.5 Å². The summed E-state index contributed by atoms with van der Waals surface area (Å²) >= 11 is 0. The van der Waals surface area contributed by atoms with Crippen molar-refractivity contribution in [3.63, 3.8) is 0 Å². The monoisotopic (exact) mass is 477 g/mol. The van der Waals surface area contributed by atoms with E-state index < -0.39 is 0 Å². The molecule has 6 fully saturated rings. The Morgan fingerprint density at radius 2 is 2.06 bits per heavy atom. The number of amides is 2. The van der Waals surface area contributed by atoms with Crippen LogP contribution in [0.2, 0.25) is 0 Å². The van der Waals surface area contributed by atoms with Gasteiger partial charge in [0, 0.05) is 41.9 Å². The van der Waals surface area contributed by atoms with E-state index in [0.717, 1.165) is 62.6 Å². The van der Waals surface area contributed by atoms with Crippen LogP contribution in [0.5, 0.6) is 11.5 Å². The van der Waals surface area contributed by atoms with Gasteiger partial charge in [0.2, 0.25) is 11.8 Å². The third-order valence-electron chi connectivity index (χ3n) is 11.0. The van der Waals surface area contributed by atoms with E-state index >= 15 is 0 Å². The highest BCUT2D eigenvalue weighted by Crippen LogP contribution is 2.71. The second kappa shape index (κ2) is 6.93. The molecular weight excluding hydrogens is 442 g/mol. The van der Waals surface area contributed by atoms with Crippen molar-refractivity contribution in [1.29, 1.82) is 0 Å².